The normalized spacial score (nSPS) is 18.7. The molecule has 1 heterocycles. The quantitative estimate of drug-likeness (QED) is 0.781. The number of piperidine rings is 1. The molecule has 1 saturated heterocycles. The van der Waals surface area contributed by atoms with Crippen LogP contribution in [0.25, 0.3) is 0 Å². The van der Waals surface area contributed by atoms with E-state index in [1.54, 1.807) is 12.1 Å². The SMILES string of the molecule is COc1c(Cl)cc(C(=O)NCCCN2CCCC[C@@H]2C)cc1Cl. The largest absolute Gasteiger partial charge is 0.494 e. The summed E-state index contributed by atoms with van der Waals surface area (Å²) < 4.78 is 5.09. The number of rotatable bonds is 6. The summed E-state index contributed by atoms with van der Waals surface area (Å²) >= 11 is 12.1. The first-order chi connectivity index (χ1) is 11.0. The second-order valence-corrected chi connectivity index (χ2v) is 6.78. The first kappa shape index (κ1) is 18.4. The standard InChI is InChI=1S/C17H24Cl2N2O2/c1-12-6-3-4-8-21(12)9-5-7-20-17(22)13-10-14(18)16(23-2)15(19)11-13/h10-12H,3-9H2,1-2H3,(H,20,22)/t12-/m0/s1. The van der Waals surface area contributed by atoms with Crippen LogP contribution in [0.1, 0.15) is 43.0 Å². The van der Waals surface area contributed by atoms with Gasteiger partial charge in [-0.25, -0.2) is 0 Å². The molecule has 0 radical (unpaired) electrons. The molecule has 2 rings (SSSR count). The number of nitrogens with zero attached hydrogens (tertiary/aromatic N) is 1. The molecule has 1 fully saturated rings. The number of hydrogen-bond donors (Lipinski definition) is 1. The Morgan fingerprint density at radius 2 is 2.04 bits per heavy atom. The first-order valence-electron chi connectivity index (χ1n) is 8.08. The second-order valence-electron chi connectivity index (χ2n) is 5.96. The Hall–Kier alpha value is -0.970. The van der Waals surface area contributed by atoms with Crippen LogP contribution in [0.4, 0.5) is 0 Å². The van der Waals surface area contributed by atoms with E-state index in [0.717, 1.165) is 13.0 Å². The van der Waals surface area contributed by atoms with Crippen molar-refractivity contribution in [3.8, 4) is 5.75 Å². The van der Waals surface area contributed by atoms with Gasteiger partial charge in [-0.1, -0.05) is 29.6 Å². The van der Waals surface area contributed by atoms with E-state index in [4.69, 9.17) is 27.9 Å². The van der Waals surface area contributed by atoms with Crippen molar-refractivity contribution in [1.29, 1.82) is 0 Å². The van der Waals surface area contributed by atoms with Gasteiger partial charge in [-0.3, -0.25) is 4.79 Å². The number of methoxy groups -OCH3 is 1. The van der Waals surface area contributed by atoms with Crippen molar-refractivity contribution in [2.75, 3.05) is 26.7 Å². The fourth-order valence-electron chi connectivity index (χ4n) is 2.96. The minimum atomic E-state index is -0.164. The van der Waals surface area contributed by atoms with Gasteiger partial charge in [0, 0.05) is 24.7 Å². The molecule has 1 aliphatic heterocycles. The zero-order valence-electron chi connectivity index (χ0n) is 13.7. The number of hydrogen-bond acceptors (Lipinski definition) is 3. The zero-order valence-corrected chi connectivity index (χ0v) is 15.2. The van der Waals surface area contributed by atoms with E-state index >= 15 is 0 Å². The highest BCUT2D eigenvalue weighted by atomic mass is 35.5. The smallest absolute Gasteiger partial charge is 0.251 e. The summed E-state index contributed by atoms with van der Waals surface area (Å²) in [4.78, 5) is 14.7. The van der Waals surface area contributed by atoms with Crippen molar-refractivity contribution in [3.05, 3.63) is 27.7 Å². The van der Waals surface area contributed by atoms with E-state index in [1.807, 2.05) is 0 Å². The summed E-state index contributed by atoms with van der Waals surface area (Å²) in [7, 11) is 1.49. The number of likely N-dealkylation sites (tertiary alicyclic amines) is 1. The van der Waals surface area contributed by atoms with Crippen LogP contribution in [0.2, 0.25) is 10.0 Å². The number of carbonyl (C=O) groups excluding carboxylic acids is 1. The zero-order chi connectivity index (χ0) is 16.8. The molecule has 6 heteroatoms. The summed E-state index contributed by atoms with van der Waals surface area (Å²) in [5.41, 5.74) is 0.451. The first-order valence-corrected chi connectivity index (χ1v) is 8.83. The Morgan fingerprint density at radius 1 is 1.35 bits per heavy atom. The summed E-state index contributed by atoms with van der Waals surface area (Å²) in [6.07, 6.45) is 4.82. The summed E-state index contributed by atoms with van der Waals surface area (Å²) in [5, 5.41) is 3.60. The summed E-state index contributed by atoms with van der Waals surface area (Å²) in [6.45, 7) is 5.10. The minimum absolute atomic E-state index is 0.164. The molecule has 1 aromatic carbocycles. The third-order valence-electron chi connectivity index (χ3n) is 4.31. The molecule has 0 aliphatic carbocycles. The molecule has 1 N–H and O–H groups in total. The molecule has 1 amide bonds. The predicted molar refractivity (Wildman–Crippen MR) is 94.9 cm³/mol. The Balaban J connectivity index is 1.81. The van der Waals surface area contributed by atoms with Gasteiger partial charge in [-0.15, -0.1) is 0 Å². The number of benzene rings is 1. The lowest BCUT2D eigenvalue weighted by Crippen LogP contribution is -2.39. The molecular weight excluding hydrogens is 335 g/mol. The van der Waals surface area contributed by atoms with Crippen LogP contribution in [-0.4, -0.2) is 43.6 Å². The highest BCUT2D eigenvalue weighted by molar-refractivity contribution is 6.37. The van der Waals surface area contributed by atoms with Gasteiger partial charge >= 0.3 is 0 Å². The molecule has 4 nitrogen and oxygen atoms in total. The molecule has 128 valence electrons. The second kappa shape index (κ2) is 8.76. The number of ether oxygens (including phenoxy) is 1. The van der Waals surface area contributed by atoms with Crippen molar-refractivity contribution < 1.29 is 9.53 Å². The maximum atomic E-state index is 12.2. The van der Waals surface area contributed by atoms with Crippen LogP contribution in [-0.2, 0) is 0 Å². The molecule has 0 aromatic heterocycles. The molecule has 23 heavy (non-hydrogen) atoms. The third kappa shape index (κ3) is 5.00. The molecule has 1 aliphatic rings. The van der Waals surface area contributed by atoms with E-state index in [1.165, 1.54) is 32.9 Å². The van der Waals surface area contributed by atoms with Crippen LogP contribution < -0.4 is 10.1 Å². The van der Waals surface area contributed by atoms with Gasteiger partial charge in [0.15, 0.2) is 5.75 Å². The average molecular weight is 359 g/mol. The van der Waals surface area contributed by atoms with E-state index in [2.05, 4.69) is 17.1 Å². The fourth-order valence-corrected chi connectivity index (χ4v) is 3.60. The van der Waals surface area contributed by atoms with Gasteiger partial charge in [-0.05, 0) is 44.9 Å². The number of carbonyl (C=O) groups is 1. The van der Waals surface area contributed by atoms with Crippen molar-refractivity contribution in [1.82, 2.24) is 10.2 Å². The number of halogens is 2. The Morgan fingerprint density at radius 3 is 2.65 bits per heavy atom. The maximum absolute atomic E-state index is 12.2. The minimum Gasteiger partial charge on any atom is -0.494 e. The maximum Gasteiger partial charge on any atom is 0.251 e. The fraction of sp³-hybridized carbons (Fsp3) is 0.588. The van der Waals surface area contributed by atoms with Gasteiger partial charge < -0.3 is 15.0 Å². The molecule has 0 spiro atoms. The van der Waals surface area contributed by atoms with Gasteiger partial charge in [0.05, 0.1) is 17.2 Å². The molecule has 0 bridgehead atoms. The van der Waals surface area contributed by atoms with E-state index in [0.29, 0.717) is 33.9 Å². The van der Waals surface area contributed by atoms with Gasteiger partial charge in [0.2, 0.25) is 0 Å². The van der Waals surface area contributed by atoms with Crippen LogP contribution in [0.15, 0.2) is 12.1 Å². The summed E-state index contributed by atoms with van der Waals surface area (Å²) in [6, 6.07) is 3.81. The number of amides is 1. The highest BCUT2D eigenvalue weighted by Crippen LogP contribution is 2.33. The topological polar surface area (TPSA) is 41.6 Å². The van der Waals surface area contributed by atoms with Crippen LogP contribution in [0.5, 0.6) is 5.75 Å². The number of nitrogens with one attached hydrogen (secondary N) is 1. The monoisotopic (exact) mass is 358 g/mol. The lowest BCUT2D eigenvalue weighted by atomic mass is 10.0. The summed E-state index contributed by atoms with van der Waals surface area (Å²) in [5.74, 6) is 0.229. The lowest BCUT2D eigenvalue weighted by molar-refractivity contribution is 0.0949. The van der Waals surface area contributed by atoms with E-state index in [9.17, 15) is 4.79 Å². The molecule has 1 aromatic rings. The Kier molecular flexibility index (Phi) is 7.00. The Bertz CT molecular complexity index is 528. The van der Waals surface area contributed by atoms with E-state index in [-0.39, 0.29) is 5.91 Å². The van der Waals surface area contributed by atoms with Gasteiger partial charge in [0.1, 0.15) is 0 Å². The average Bonchev–Trinajstić information content (AvgIpc) is 2.52. The lowest BCUT2D eigenvalue weighted by Gasteiger charge is -2.33. The molecule has 1 atom stereocenters. The Labute approximate surface area is 148 Å². The van der Waals surface area contributed by atoms with Gasteiger partial charge in [0.25, 0.3) is 5.91 Å². The third-order valence-corrected chi connectivity index (χ3v) is 4.87. The van der Waals surface area contributed by atoms with Gasteiger partial charge in [-0.2, -0.15) is 0 Å². The van der Waals surface area contributed by atoms with Crippen LogP contribution in [0.3, 0.4) is 0 Å². The predicted octanol–water partition coefficient (Wildman–Crippen LogP) is 4.00. The molecule has 0 saturated carbocycles. The van der Waals surface area contributed by atoms with Crippen molar-refractivity contribution in [2.24, 2.45) is 0 Å². The van der Waals surface area contributed by atoms with Crippen molar-refractivity contribution in [2.45, 2.75) is 38.6 Å². The molecular formula is C17H24Cl2N2O2. The van der Waals surface area contributed by atoms with Crippen molar-refractivity contribution >= 4 is 29.1 Å². The highest BCUT2D eigenvalue weighted by Gasteiger charge is 2.17. The van der Waals surface area contributed by atoms with E-state index < -0.39 is 0 Å². The van der Waals surface area contributed by atoms with Crippen LogP contribution in [0, 0.1) is 0 Å². The molecule has 0 unspecified atom stereocenters. The van der Waals surface area contributed by atoms with Crippen LogP contribution >= 0.6 is 23.2 Å². The van der Waals surface area contributed by atoms with Crippen molar-refractivity contribution in [3.63, 3.8) is 0 Å².